The van der Waals surface area contributed by atoms with Crippen molar-refractivity contribution in [2.45, 2.75) is 32.9 Å². The maximum absolute atomic E-state index is 6.54. The third kappa shape index (κ3) is 3.41. The van der Waals surface area contributed by atoms with Crippen molar-refractivity contribution < 1.29 is 0 Å². The number of rotatable bonds is 4. The first-order chi connectivity index (χ1) is 13.9. The Kier molecular flexibility index (Phi) is 5.56. The monoisotopic (exact) mass is 444 g/mol. The zero-order chi connectivity index (χ0) is 20.7. The third-order valence-electron chi connectivity index (χ3n) is 5.50. The minimum atomic E-state index is -0.0209. The molecule has 0 aliphatic carbocycles. The summed E-state index contributed by atoms with van der Waals surface area (Å²) in [6, 6.07) is 13.9. The number of halogens is 2. The van der Waals surface area contributed by atoms with Gasteiger partial charge in [0.2, 0.25) is 0 Å². The SMILES string of the molecule is CCN1C(=S)N[C@@H](c2ccccn2)[C@H]1c1cc(C)n(-c2cccc(Cl)c2Cl)c1C. The average Bonchev–Trinajstić information content (AvgIpc) is 3.20. The molecular formula is C22H22Cl2N4S. The van der Waals surface area contributed by atoms with Gasteiger partial charge in [-0.2, -0.15) is 0 Å². The van der Waals surface area contributed by atoms with Crippen LogP contribution in [-0.4, -0.2) is 26.1 Å². The fraction of sp³-hybridized carbons (Fsp3) is 0.273. The number of nitrogens with zero attached hydrogens (tertiary/aromatic N) is 3. The summed E-state index contributed by atoms with van der Waals surface area (Å²) in [7, 11) is 0. The van der Waals surface area contributed by atoms with E-state index in [0.29, 0.717) is 10.0 Å². The van der Waals surface area contributed by atoms with Crippen LogP contribution < -0.4 is 5.32 Å². The highest BCUT2D eigenvalue weighted by atomic mass is 35.5. The molecule has 1 fully saturated rings. The summed E-state index contributed by atoms with van der Waals surface area (Å²) >= 11 is 18.5. The molecule has 7 heteroatoms. The van der Waals surface area contributed by atoms with Gasteiger partial charge >= 0.3 is 0 Å². The zero-order valence-corrected chi connectivity index (χ0v) is 18.8. The molecule has 0 bridgehead atoms. The van der Waals surface area contributed by atoms with E-state index in [4.69, 9.17) is 35.4 Å². The standard InChI is InChI=1S/C22H22Cl2N4S/c1-4-27-21(20(26-22(27)29)17-9-5-6-11-25-17)15-12-13(2)28(14(15)3)18-10-7-8-16(23)19(18)24/h5-12,20-21H,4H2,1-3H3,(H,26,29)/t20-,21+/m0/s1. The number of hydrogen-bond donors (Lipinski definition) is 1. The van der Waals surface area contributed by atoms with Crippen LogP contribution in [0.4, 0.5) is 0 Å². The van der Waals surface area contributed by atoms with E-state index in [1.165, 1.54) is 5.56 Å². The van der Waals surface area contributed by atoms with Crippen molar-refractivity contribution in [1.82, 2.24) is 19.8 Å². The smallest absolute Gasteiger partial charge is 0.170 e. The highest BCUT2D eigenvalue weighted by molar-refractivity contribution is 7.80. The molecular weight excluding hydrogens is 423 g/mol. The molecule has 0 unspecified atom stereocenters. The summed E-state index contributed by atoms with van der Waals surface area (Å²) in [5, 5.41) is 5.32. The van der Waals surface area contributed by atoms with Gasteiger partial charge < -0.3 is 14.8 Å². The Morgan fingerprint density at radius 2 is 1.93 bits per heavy atom. The molecule has 3 aromatic rings. The second-order valence-electron chi connectivity index (χ2n) is 7.15. The van der Waals surface area contributed by atoms with Crippen molar-refractivity contribution in [2.75, 3.05) is 6.54 Å². The maximum atomic E-state index is 6.54. The summed E-state index contributed by atoms with van der Waals surface area (Å²) in [5.41, 5.74) is 5.26. The van der Waals surface area contributed by atoms with E-state index < -0.39 is 0 Å². The quantitative estimate of drug-likeness (QED) is 0.516. The summed E-state index contributed by atoms with van der Waals surface area (Å²) < 4.78 is 2.16. The highest BCUT2D eigenvalue weighted by Crippen LogP contribution is 2.42. The Bertz CT molecular complexity index is 1060. The van der Waals surface area contributed by atoms with Gasteiger partial charge in [-0.3, -0.25) is 4.98 Å². The number of likely N-dealkylation sites (N-methyl/N-ethyl adjacent to an activating group) is 1. The Labute approximate surface area is 186 Å². The molecule has 4 nitrogen and oxygen atoms in total. The summed E-state index contributed by atoms with van der Waals surface area (Å²) in [4.78, 5) is 6.81. The van der Waals surface area contributed by atoms with E-state index in [-0.39, 0.29) is 12.1 Å². The lowest BCUT2D eigenvalue weighted by Gasteiger charge is -2.27. The number of benzene rings is 1. The minimum Gasteiger partial charge on any atom is -0.352 e. The Morgan fingerprint density at radius 1 is 1.14 bits per heavy atom. The topological polar surface area (TPSA) is 33.1 Å². The van der Waals surface area contributed by atoms with Gasteiger partial charge in [0.25, 0.3) is 0 Å². The number of pyridine rings is 1. The van der Waals surface area contributed by atoms with Crippen LogP contribution in [0.1, 0.15) is 41.7 Å². The summed E-state index contributed by atoms with van der Waals surface area (Å²) in [6.45, 7) is 7.13. The predicted molar refractivity (Wildman–Crippen MR) is 123 cm³/mol. The molecule has 1 N–H and O–H groups in total. The van der Waals surface area contributed by atoms with Crippen molar-refractivity contribution in [3.05, 3.63) is 81.4 Å². The van der Waals surface area contributed by atoms with E-state index in [1.54, 1.807) is 6.07 Å². The zero-order valence-electron chi connectivity index (χ0n) is 16.5. The van der Waals surface area contributed by atoms with Gasteiger partial charge in [-0.05, 0) is 68.9 Å². The Morgan fingerprint density at radius 3 is 2.62 bits per heavy atom. The van der Waals surface area contributed by atoms with Gasteiger partial charge in [-0.25, -0.2) is 0 Å². The molecule has 1 aliphatic rings. The van der Waals surface area contributed by atoms with Crippen molar-refractivity contribution >= 4 is 40.5 Å². The van der Waals surface area contributed by atoms with Crippen LogP contribution in [0.25, 0.3) is 5.69 Å². The highest BCUT2D eigenvalue weighted by Gasteiger charge is 2.40. The van der Waals surface area contributed by atoms with Gasteiger partial charge in [0.05, 0.1) is 33.5 Å². The largest absolute Gasteiger partial charge is 0.352 e. The van der Waals surface area contributed by atoms with Crippen molar-refractivity contribution in [3.63, 3.8) is 0 Å². The minimum absolute atomic E-state index is 0.0209. The number of aryl methyl sites for hydroxylation is 1. The first kappa shape index (κ1) is 20.2. The molecule has 1 saturated heterocycles. The molecule has 0 saturated carbocycles. The Balaban J connectivity index is 1.86. The molecule has 150 valence electrons. The van der Waals surface area contributed by atoms with Crippen LogP contribution in [0.5, 0.6) is 0 Å². The summed E-state index contributed by atoms with van der Waals surface area (Å²) in [5.74, 6) is 0. The average molecular weight is 445 g/mol. The first-order valence-electron chi connectivity index (χ1n) is 9.55. The molecule has 0 spiro atoms. The Hall–Kier alpha value is -2.08. The van der Waals surface area contributed by atoms with Crippen molar-refractivity contribution in [2.24, 2.45) is 0 Å². The molecule has 4 rings (SSSR count). The molecule has 1 aliphatic heterocycles. The van der Waals surface area contributed by atoms with E-state index in [1.807, 2.05) is 36.5 Å². The molecule has 2 aromatic heterocycles. The van der Waals surface area contributed by atoms with E-state index in [2.05, 4.69) is 46.6 Å². The van der Waals surface area contributed by atoms with Crippen LogP contribution in [-0.2, 0) is 0 Å². The second kappa shape index (κ2) is 7.98. The van der Waals surface area contributed by atoms with Gasteiger partial charge in [-0.15, -0.1) is 0 Å². The normalized spacial score (nSPS) is 18.9. The van der Waals surface area contributed by atoms with Gasteiger partial charge in [0.1, 0.15) is 0 Å². The lowest BCUT2D eigenvalue weighted by Crippen LogP contribution is -2.29. The lowest BCUT2D eigenvalue weighted by molar-refractivity contribution is 0.329. The van der Waals surface area contributed by atoms with Gasteiger partial charge in [-0.1, -0.05) is 35.3 Å². The van der Waals surface area contributed by atoms with Crippen molar-refractivity contribution in [3.8, 4) is 5.69 Å². The van der Waals surface area contributed by atoms with E-state index in [9.17, 15) is 0 Å². The van der Waals surface area contributed by atoms with Crippen LogP contribution in [0.3, 0.4) is 0 Å². The molecule has 0 amide bonds. The fourth-order valence-electron chi connectivity index (χ4n) is 4.21. The third-order valence-corrected chi connectivity index (χ3v) is 6.66. The molecule has 29 heavy (non-hydrogen) atoms. The second-order valence-corrected chi connectivity index (χ2v) is 8.32. The van der Waals surface area contributed by atoms with Gasteiger partial charge in [0, 0.05) is 24.1 Å². The van der Waals surface area contributed by atoms with E-state index in [0.717, 1.165) is 34.4 Å². The lowest BCUT2D eigenvalue weighted by atomic mass is 9.97. The number of aromatic nitrogens is 2. The van der Waals surface area contributed by atoms with Crippen LogP contribution >= 0.6 is 35.4 Å². The molecule has 0 radical (unpaired) electrons. The maximum Gasteiger partial charge on any atom is 0.170 e. The number of nitrogens with one attached hydrogen (secondary N) is 1. The van der Waals surface area contributed by atoms with Crippen LogP contribution in [0, 0.1) is 13.8 Å². The molecule has 3 heterocycles. The number of thiocarbonyl (C=S) groups is 1. The molecule has 1 aromatic carbocycles. The van der Waals surface area contributed by atoms with Gasteiger partial charge in [0.15, 0.2) is 5.11 Å². The fourth-order valence-corrected chi connectivity index (χ4v) is 4.96. The molecule has 2 atom stereocenters. The first-order valence-corrected chi connectivity index (χ1v) is 10.7. The van der Waals surface area contributed by atoms with E-state index >= 15 is 0 Å². The van der Waals surface area contributed by atoms with Crippen LogP contribution in [0.2, 0.25) is 10.0 Å². The predicted octanol–water partition coefficient (Wildman–Crippen LogP) is 5.79. The summed E-state index contributed by atoms with van der Waals surface area (Å²) in [6.07, 6.45) is 1.82. The van der Waals surface area contributed by atoms with Crippen LogP contribution in [0.15, 0.2) is 48.7 Å². The number of hydrogen-bond acceptors (Lipinski definition) is 2. The van der Waals surface area contributed by atoms with Crippen molar-refractivity contribution in [1.29, 1.82) is 0 Å².